The second-order valence-electron chi connectivity index (χ2n) is 10.5. The highest BCUT2D eigenvalue weighted by molar-refractivity contribution is 5.92. The Morgan fingerprint density at radius 1 is 0.811 bits per heavy atom. The minimum Gasteiger partial charge on any atom is -0.466 e. The Bertz CT molecular complexity index is 872. The van der Waals surface area contributed by atoms with Crippen molar-refractivity contribution < 1.29 is 29.0 Å². The molecule has 0 heterocycles. The molecule has 1 rings (SSSR count). The summed E-state index contributed by atoms with van der Waals surface area (Å²) < 4.78 is 4.96. The number of carbonyl (C=O) groups is 4. The molecule has 37 heavy (non-hydrogen) atoms. The van der Waals surface area contributed by atoms with Gasteiger partial charge in [-0.1, -0.05) is 71.9 Å². The van der Waals surface area contributed by atoms with Crippen LogP contribution in [-0.4, -0.2) is 59.6 Å². The summed E-state index contributed by atoms with van der Waals surface area (Å²) >= 11 is 0. The van der Waals surface area contributed by atoms with Gasteiger partial charge in [0.2, 0.25) is 17.7 Å². The van der Waals surface area contributed by atoms with Crippen LogP contribution in [0.3, 0.4) is 0 Å². The number of carbonyl (C=O) groups excluding carboxylic acids is 4. The largest absolute Gasteiger partial charge is 0.466 e. The summed E-state index contributed by atoms with van der Waals surface area (Å²) in [6.45, 7) is 13.0. The van der Waals surface area contributed by atoms with Crippen LogP contribution in [0.25, 0.3) is 0 Å². The van der Waals surface area contributed by atoms with Crippen LogP contribution in [0, 0.1) is 17.8 Å². The molecule has 0 unspecified atom stereocenters. The molecule has 9 heteroatoms. The van der Waals surface area contributed by atoms with Gasteiger partial charge in [0.15, 0.2) is 0 Å². The van der Waals surface area contributed by atoms with E-state index in [-0.39, 0.29) is 43.1 Å². The molecule has 0 radical (unpaired) electrons. The summed E-state index contributed by atoms with van der Waals surface area (Å²) in [7, 11) is 0. The second-order valence-corrected chi connectivity index (χ2v) is 10.5. The van der Waals surface area contributed by atoms with Crippen molar-refractivity contribution in [3.63, 3.8) is 0 Å². The van der Waals surface area contributed by atoms with Gasteiger partial charge in [-0.15, -0.1) is 0 Å². The lowest BCUT2D eigenvalue weighted by atomic mass is 9.96. The van der Waals surface area contributed by atoms with Crippen molar-refractivity contribution in [2.24, 2.45) is 17.8 Å². The first-order valence-corrected chi connectivity index (χ1v) is 13.1. The molecule has 0 aliphatic heterocycles. The minimum atomic E-state index is -1.19. The summed E-state index contributed by atoms with van der Waals surface area (Å²) in [5, 5.41) is 19.2. The molecule has 0 saturated heterocycles. The molecule has 0 bridgehead atoms. The van der Waals surface area contributed by atoms with Crippen LogP contribution in [0.15, 0.2) is 30.3 Å². The van der Waals surface area contributed by atoms with E-state index in [4.69, 9.17) is 4.74 Å². The molecule has 208 valence electrons. The number of benzene rings is 1. The topological polar surface area (TPSA) is 134 Å². The van der Waals surface area contributed by atoms with Crippen LogP contribution >= 0.6 is 0 Å². The lowest BCUT2D eigenvalue weighted by molar-refractivity contribution is -0.146. The Morgan fingerprint density at radius 2 is 1.35 bits per heavy atom. The fourth-order valence-electron chi connectivity index (χ4n) is 3.87. The maximum absolute atomic E-state index is 13.4. The van der Waals surface area contributed by atoms with Gasteiger partial charge in [-0.25, -0.2) is 0 Å². The first-order valence-electron chi connectivity index (χ1n) is 13.1. The van der Waals surface area contributed by atoms with Gasteiger partial charge in [0, 0.05) is 6.42 Å². The van der Waals surface area contributed by atoms with Gasteiger partial charge in [0.1, 0.15) is 12.1 Å². The summed E-state index contributed by atoms with van der Waals surface area (Å²) in [4.78, 5) is 50.8. The molecule has 0 aliphatic rings. The minimum absolute atomic E-state index is 0.146. The number of ether oxygens (including phenoxy) is 1. The number of nitrogens with one attached hydrogen (secondary N) is 3. The highest BCUT2D eigenvalue weighted by atomic mass is 16.5. The van der Waals surface area contributed by atoms with Crippen molar-refractivity contribution in [3.8, 4) is 0 Å². The molecule has 3 amide bonds. The number of amides is 3. The zero-order chi connectivity index (χ0) is 28.1. The Kier molecular flexibility index (Phi) is 13.9. The van der Waals surface area contributed by atoms with Crippen molar-refractivity contribution in [2.75, 3.05) is 6.61 Å². The van der Waals surface area contributed by atoms with Crippen LogP contribution in [0.1, 0.15) is 66.9 Å². The van der Waals surface area contributed by atoms with Crippen LogP contribution in [-0.2, 0) is 30.3 Å². The molecule has 1 aromatic rings. The number of rotatable bonds is 15. The average molecular weight is 520 g/mol. The zero-order valence-corrected chi connectivity index (χ0v) is 23.2. The summed E-state index contributed by atoms with van der Waals surface area (Å²) in [6, 6.07) is 6.80. The zero-order valence-electron chi connectivity index (χ0n) is 23.2. The van der Waals surface area contributed by atoms with Crippen LogP contribution in [0.5, 0.6) is 0 Å². The molecule has 9 nitrogen and oxygen atoms in total. The third-order valence-corrected chi connectivity index (χ3v) is 5.88. The van der Waals surface area contributed by atoms with Crippen molar-refractivity contribution in [3.05, 3.63) is 35.9 Å². The van der Waals surface area contributed by atoms with Gasteiger partial charge < -0.3 is 25.8 Å². The lowest BCUT2D eigenvalue weighted by Crippen LogP contribution is -2.59. The summed E-state index contributed by atoms with van der Waals surface area (Å²) in [5.41, 5.74) is 0.869. The molecular weight excluding hydrogens is 474 g/mol. The lowest BCUT2D eigenvalue weighted by Gasteiger charge is -2.30. The second kappa shape index (κ2) is 16.0. The van der Waals surface area contributed by atoms with E-state index < -0.39 is 42.0 Å². The quantitative estimate of drug-likeness (QED) is 0.263. The summed E-state index contributed by atoms with van der Waals surface area (Å²) in [5.74, 6) is -2.04. The smallest absolute Gasteiger partial charge is 0.308 e. The number of aliphatic hydroxyl groups is 1. The summed E-state index contributed by atoms with van der Waals surface area (Å²) in [6.07, 6.45) is -0.886. The fourth-order valence-corrected chi connectivity index (χ4v) is 3.87. The normalized spacial score (nSPS) is 14.6. The fraction of sp³-hybridized carbons (Fsp3) is 0.643. The molecule has 0 aromatic heterocycles. The Balaban J connectivity index is 3.04. The monoisotopic (exact) mass is 519 g/mol. The molecular formula is C28H45N3O6. The van der Waals surface area contributed by atoms with E-state index in [2.05, 4.69) is 16.0 Å². The van der Waals surface area contributed by atoms with Crippen molar-refractivity contribution >= 4 is 23.7 Å². The van der Waals surface area contributed by atoms with Gasteiger partial charge in [0.25, 0.3) is 0 Å². The third kappa shape index (κ3) is 11.8. The Morgan fingerprint density at radius 3 is 1.86 bits per heavy atom. The van der Waals surface area contributed by atoms with E-state index in [1.807, 2.05) is 58.0 Å². The number of esters is 1. The van der Waals surface area contributed by atoms with E-state index >= 15 is 0 Å². The first kappa shape index (κ1) is 32.1. The number of hydrogen-bond acceptors (Lipinski definition) is 6. The van der Waals surface area contributed by atoms with Crippen molar-refractivity contribution in [1.29, 1.82) is 0 Å². The van der Waals surface area contributed by atoms with E-state index in [1.54, 1.807) is 20.8 Å². The van der Waals surface area contributed by atoms with E-state index in [0.717, 1.165) is 5.56 Å². The SMILES string of the molecule is CCOC(=O)C[C@H](O)[C@H](Cc1ccccc1)NC(=O)[C@@H](NC(=O)[C@@H](NC(=O)CC(C)C)C(C)C)C(C)C. The highest BCUT2D eigenvalue weighted by Gasteiger charge is 2.33. The number of aliphatic hydroxyl groups excluding tert-OH is 1. The van der Waals surface area contributed by atoms with E-state index in [0.29, 0.717) is 6.42 Å². The van der Waals surface area contributed by atoms with E-state index in [9.17, 15) is 24.3 Å². The number of hydrogen-bond donors (Lipinski definition) is 4. The van der Waals surface area contributed by atoms with Crippen LogP contribution in [0.2, 0.25) is 0 Å². The average Bonchev–Trinajstić information content (AvgIpc) is 2.80. The van der Waals surface area contributed by atoms with E-state index in [1.165, 1.54) is 0 Å². The van der Waals surface area contributed by atoms with Crippen molar-refractivity contribution in [1.82, 2.24) is 16.0 Å². The molecule has 4 atom stereocenters. The van der Waals surface area contributed by atoms with Gasteiger partial charge in [-0.05, 0) is 36.7 Å². The first-order chi connectivity index (χ1) is 17.3. The Labute approximate surface area is 221 Å². The van der Waals surface area contributed by atoms with Crippen LogP contribution in [0.4, 0.5) is 0 Å². The van der Waals surface area contributed by atoms with Gasteiger partial charge in [0.05, 0.1) is 25.2 Å². The molecule has 1 aromatic carbocycles. The van der Waals surface area contributed by atoms with Gasteiger partial charge in [-0.2, -0.15) is 0 Å². The van der Waals surface area contributed by atoms with Gasteiger partial charge >= 0.3 is 5.97 Å². The molecule has 0 aliphatic carbocycles. The Hall–Kier alpha value is -2.94. The highest BCUT2D eigenvalue weighted by Crippen LogP contribution is 2.13. The predicted octanol–water partition coefficient (Wildman–Crippen LogP) is 2.36. The van der Waals surface area contributed by atoms with Crippen LogP contribution < -0.4 is 16.0 Å². The van der Waals surface area contributed by atoms with Gasteiger partial charge in [-0.3, -0.25) is 19.2 Å². The predicted molar refractivity (Wildman–Crippen MR) is 142 cm³/mol. The third-order valence-electron chi connectivity index (χ3n) is 5.88. The maximum atomic E-state index is 13.4. The standard InChI is InChI=1S/C28H45N3O6/c1-8-37-24(34)16-22(32)21(15-20-12-10-9-11-13-20)29-27(35)26(19(6)7)31-28(36)25(18(4)5)30-23(33)14-17(2)3/h9-13,17-19,21-22,25-26,32H,8,14-16H2,1-7H3,(H,29,35)(H,30,33)(H,31,36)/t21-,22-,25-,26-/m0/s1. The molecule has 4 N–H and O–H groups in total. The maximum Gasteiger partial charge on any atom is 0.308 e. The molecule has 0 saturated carbocycles. The van der Waals surface area contributed by atoms with Crippen molar-refractivity contribution in [2.45, 2.75) is 92.0 Å². The molecule has 0 fully saturated rings. The molecule has 0 spiro atoms.